The van der Waals surface area contributed by atoms with E-state index >= 15 is 0 Å². The Morgan fingerprint density at radius 1 is 1.35 bits per heavy atom. The number of hydrogen-bond donors (Lipinski definition) is 1. The van der Waals surface area contributed by atoms with Crippen molar-refractivity contribution in [1.29, 1.82) is 0 Å². The van der Waals surface area contributed by atoms with Crippen molar-refractivity contribution >= 4 is 0 Å². The lowest BCUT2D eigenvalue weighted by atomic mass is 10.0. The maximum Gasteiger partial charge on any atom is 0.0730 e. The van der Waals surface area contributed by atoms with Crippen molar-refractivity contribution in [2.24, 2.45) is 5.73 Å². The quantitative estimate of drug-likeness (QED) is 0.867. The summed E-state index contributed by atoms with van der Waals surface area (Å²) in [6, 6.07) is 6.85. The fraction of sp³-hybridized carbons (Fsp3) is 0.600. The molecular formula is C15H23NO. The van der Waals surface area contributed by atoms with E-state index in [4.69, 9.17) is 10.5 Å². The molecule has 0 spiro atoms. The third kappa shape index (κ3) is 3.08. The van der Waals surface area contributed by atoms with Crippen LogP contribution in [0.1, 0.15) is 42.9 Å². The minimum Gasteiger partial charge on any atom is -0.372 e. The Labute approximate surface area is 104 Å². The van der Waals surface area contributed by atoms with Crippen LogP contribution in [0.25, 0.3) is 0 Å². The molecule has 1 aliphatic rings. The number of ether oxygens (including phenoxy) is 1. The highest BCUT2D eigenvalue weighted by molar-refractivity contribution is 5.30. The molecule has 1 saturated carbocycles. The third-order valence-corrected chi connectivity index (χ3v) is 3.76. The topological polar surface area (TPSA) is 35.2 Å². The Morgan fingerprint density at radius 3 is 2.82 bits per heavy atom. The Bertz CT molecular complexity index is 375. The van der Waals surface area contributed by atoms with Crippen LogP contribution in [0.3, 0.4) is 0 Å². The first kappa shape index (κ1) is 12.6. The lowest BCUT2D eigenvalue weighted by Gasteiger charge is -2.17. The maximum absolute atomic E-state index is 6.00. The zero-order valence-corrected chi connectivity index (χ0v) is 10.9. The number of benzene rings is 1. The highest BCUT2D eigenvalue weighted by atomic mass is 16.5. The van der Waals surface area contributed by atoms with Crippen LogP contribution >= 0.6 is 0 Å². The van der Waals surface area contributed by atoms with E-state index < -0.39 is 0 Å². The first-order valence-electron chi connectivity index (χ1n) is 6.66. The zero-order chi connectivity index (χ0) is 12.3. The van der Waals surface area contributed by atoms with Gasteiger partial charge in [0.15, 0.2) is 0 Å². The van der Waals surface area contributed by atoms with Gasteiger partial charge in [-0.05, 0) is 49.3 Å². The molecule has 1 aromatic rings. The highest BCUT2D eigenvalue weighted by Gasteiger charge is 2.24. The van der Waals surface area contributed by atoms with Gasteiger partial charge in [0.1, 0.15) is 0 Å². The van der Waals surface area contributed by atoms with Gasteiger partial charge in [-0.15, -0.1) is 0 Å². The van der Waals surface area contributed by atoms with Gasteiger partial charge in [-0.3, -0.25) is 0 Å². The number of nitrogens with two attached hydrogens (primary N) is 1. The summed E-state index contributed by atoms with van der Waals surface area (Å²) in [4.78, 5) is 0. The van der Waals surface area contributed by atoms with Gasteiger partial charge in [0, 0.05) is 6.04 Å². The van der Waals surface area contributed by atoms with E-state index in [-0.39, 0.29) is 12.1 Å². The van der Waals surface area contributed by atoms with Crippen molar-refractivity contribution < 1.29 is 4.74 Å². The molecule has 0 saturated heterocycles. The van der Waals surface area contributed by atoms with E-state index in [0.29, 0.717) is 6.61 Å². The van der Waals surface area contributed by atoms with Crippen LogP contribution in [-0.4, -0.2) is 12.1 Å². The molecule has 17 heavy (non-hydrogen) atoms. The molecule has 0 aliphatic heterocycles. The molecule has 2 N–H and O–H groups in total. The van der Waals surface area contributed by atoms with E-state index in [9.17, 15) is 0 Å². The van der Waals surface area contributed by atoms with Gasteiger partial charge in [0.05, 0.1) is 12.7 Å². The smallest absolute Gasteiger partial charge is 0.0730 e. The molecule has 0 amide bonds. The number of aryl methyl sites for hydroxylation is 2. The minimum atomic E-state index is 0.242. The monoisotopic (exact) mass is 233 g/mol. The summed E-state index contributed by atoms with van der Waals surface area (Å²) in [5.74, 6) is 0. The largest absolute Gasteiger partial charge is 0.372 e. The zero-order valence-electron chi connectivity index (χ0n) is 10.9. The first-order chi connectivity index (χ1) is 8.20. The molecule has 1 aliphatic carbocycles. The van der Waals surface area contributed by atoms with E-state index in [1.807, 2.05) is 0 Å². The van der Waals surface area contributed by atoms with Crippen LogP contribution in [0.4, 0.5) is 0 Å². The number of hydrogen-bond acceptors (Lipinski definition) is 2. The summed E-state index contributed by atoms with van der Waals surface area (Å²) in [5, 5.41) is 0. The predicted molar refractivity (Wildman–Crippen MR) is 71.0 cm³/mol. The SMILES string of the molecule is CCc1cc(COC2CCCC2N)ccc1C. The molecule has 0 bridgehead atoms. The lowest BCUT2D eigenvalue weighted by Crippen LogP contribution is -2.31. The molecule has 2 atom stereocenters. The van der Waals surface area contributed by atoms with Gasteiger partial charge in [-0.1, -0.05) is 25.1 Å². The van der Waals surface area contributed by atoms with Gasteiger partial charge >= 0.3 is 0 Å². The standard InChI is InChI=1S/C15H23NO/c1-3-13-9-12(8-7-11(13)2)10-17-15-6-4-5-14(15)16/h7-9,14-15H,3-6,10,16H2,1-2H3. The highest BCUT2D eigenvalue weighted by Crippen LogP contribution is 2.22. The molecule has 2 nitrogen and oxygen atoms in total. The Kier molecular flexibility index (Phi) is 4.19. The molecular weight excluding hydrogens is 210 g/mol. The average Bonchev–Trinajstić information content (AvgIpc) is 2.74. The molecule has 0 radical (unpaired) electrons. The van der Waals surface area contributed by atoms with Crippen LogP contribution in [0.5, 0.6) is 0 Å². The van der Waals surface area contributed by atoms with Crippen molar-refractivity contribution in [3.8, 4) is 0 Å². The number of rotatable bonds is 4. The first-order valence-corrected chi connectivity index (χ1v) is 6.66. The second-order valence-corrected chi connectivity index (χ2v) is 5.06. The van der Waals surface area contributed by atoms with Gasteiger partial charge in [0.2, 0.25) is 0 Å². The van der Waals surface area contributed by atoms with Crippen molar-refractivity contribution in [1.82, 2.24) is 0 Å². The average molecular weight is 233 g/mol. The van der Waals surface area contributed by atoms with Crippen LogP contribution in [-0.2, 0) is 17.8 Å². The molecule has 94 valence electrons. The minimum absolute atomic E-state index is 0.242. The summed E-state index contributed by atoms with van der Waals surface area (Å²) in [7, 11) is 0. The van der Waals surface area contributed by atoms with Gasteiger partial charge in [0.25, 0.3) is 0 Å². The lowest BCUT2D eigenvalue weighted by molar-refractivity contribution is 0.0357. The molecule has 2 unspecified atom stereocenters. The summed E-state index contributed by atoms with van der Waals surface area (Å²) in [6.07, 6.45) is 4.79. The summed E-state index contributed by atoms with van der Waals surface area (Å²) < 4.78 is 5.92. The van der Waals surface area contributed by atoms with Crippen molar-refractivity contribution in [3.63, 3.8) is 0 Å². The van der Waals surface area contributed by atoms with Gasteiger partial charge in [-0.2, -0.15) is 0 Å². The van der Waals surface area contributed by atoms with Crippen LogP contribution in [0.15, 0.2) is 18.2 Å². The summed E-state index contributed by atoms with van der Waals surface area (Å²) in [6.45, 7) is 5.06. The van der Waals surface area contributed by atoms with Crippen molar-refractivity contribution in [2.75, 3.05) is 0 Å². The van der Waals surface area contributed by atoms with Gasteiger partial charge in [-0.25, -0.2) is 0 Å². The molecule has 0 heterocycles. The van der Waals surface area contributed by atoms with Crippen LogP contribution in [0, 0.1) is 6.92 Å². The van der Waals surface area contributed by atoms with E-state index in [2.05, 4.69) is 32.0 Å². The maximum atomic E-state index is 6.00. The molecule has 1 fully saturated rings. The van der Waals surface area contributed by atoms with Crippen LogP contribution < -0.4 is 5.73 Å². The molecule has 1 aromatic carbocycles. The summed E-state index contributed by atoms with van der Waals surface area (Å²) >= 11 is 0. The Morgan fingerprint density at radius 2 is 2.18 bits per heavy atom. The predicted octanol–water partition coefficient (Wildman–Crippen LogP) is 2.95. The van der Waals surface area contributed by atoms with E-state index in [0.717, 1.165) is 19.3 Å². The fourth-order valence-corrected chi connectivity index (χ4v) is 2.56. The second kappa shape index (κ2) is 5.65. The Hall–Kier alpha value is -0.860. The third-order valence-electron chi connectivity index (χ3n) is 3.76. The normalized spacial score (nSPS) is 24.2. The fourth-order valence-electron chi connectivity index (χ4n) is 2.56. The second-order valence-electron chi connectivity index (χ2n) is 5.06. The molecule has 0 aromatic heterocycles. The van der Waals surface area contributed by atoms with Gasteiger partial charge < -0.3 is 10.5 Å². The summed E-state index contributed by atoms with van der Waals surface area (Å²) in [5.41, 5.74) is 10.1. The Balaban J connectivity index is 1.94. The molecule has 2 rings (SSSR count). The van der Waals surface area contributed by atoms with Crippen molar-refractivity contribution in [2.45, 2.75) is 58.3 Å². The van der Waals surface area contributed by atoms with Crippen LogP contribution in [0.2, 0.25) is 0 Å². The molecule has 2 heteroatoms. The van der Waals surface area contributed by atoms with E-state index in [1.165, 1.54) is 23.1 Å². The van der Waals surface area contributed by atoms with E-state index in [1.54, 1.807) is 0 Å². The van der Waals surface area contributed by atoms with Crippen molar-refractivity contribution in [3.05, 3.63) is 34.9 Å².